The van der Waals surface area contributed by atoms with Crippen LogP contribution in [0.4, 0.5) is 0 Å². The molecule has 9 N–H and O–H groups in total. The summed E-state index contributed by atoms with van der Waals surface area (Å²) < 4.78 is 5.02. The maximum Gasteiger partial charge on any atom is 0.151 e. The van der Waals surface area contributed by atoms with Crippen LogP contribution >= 0.6 is 0 Å². The van der Waals surface area contributed by atoms with Gasteiger partial charge in [-0.2, -0.15) is 0 Å². The zero-order valence-electron chi connectivity index (χ0n) is 12.0. The molecule has 0 aromatic heterocycles. The van der Waals surface area contributed by atoms with Crippen molar-refractivity contribution in [2.45, 2.75) is 54.4 Å². The smallest absolute Gasteiger partial charge is 0.151 e. The molecule has 0 aromatic rings. The molecule has 0 saturated carbocycles. The van der Waals surface area contributed by atoms with Gasteiger partial charge in [-0.25, -0.2) is 0 Å². The van der Waals surface area contributed by atoms with E-state index in [9.17, 15) is 40.5 Å². The molecule has 1 aliphatic rings. The molecule has 0 unspecified atom stereocenters. The van der Waals surface area contributed by atoms with Crippen LogP contribution in [0.1, 0.15) is 0 Å². The summed E-state index contributed by atoms with van der Waals surface area (Å²) in [5.74, 6) is 0. The molecule has 9 atom stereocenters. The van der Waals surface area contributed by atoms with Gasteiger partial charge in [0.15, 0.2) is 6.29 Å². The van der Waals surface area contributed by atoms with Crippen molar-refractivity contribution >= 4 is 6.29 Å². The Kier molecular flexibility index (Phi) is 6.97. The Morgan fingerprint density at radius 2 is 1.61 bits per heavy atom. The monoisotopic (exact) mass is 342 g/mol. The minimum Gasteiger partial charge on any atom is -0.394 e. The molecule has 1 heterocycles. The molecule has 11 heteroatoms. The molecule has 1 saturated heterocycles. The van der Waals surface area contributed by atoms with Crippen molar-refractivity contribution < 1.29 is 55.5 Å². The predicted octanol–water partition coefficient (Wildman–Crippen LogP) is -6.17. The quantitative estimate of drug-likeness (QED) is 0.199. The second-order valence-electron chi connectivity index (χ2n) is 5.41. The van der Waals surface area contributed by atoms with Crippen LogP contribution in [0.2, 0.25) is 0 Å². The average molecular weight is 342 g/mol. The Morgan fingerprint density at radius 1 is 1.04 bits per heavy atom. The van der Waals surface area contributed by atoms with Crippen LogP contribution in [0.5, 0.6) is 0 Å². The fourth-order valence-corrected chi connectivity index (χ4v) is 2.53. The number of hydrogen-bond donors (Lipinski definition) is 9. The molecule has 11 nitrogen and oxygen atoms in total. The van der Waals surface area contributed by atoms with E-state index < -0.39 is 67.6 Å². The summed E-state index contributed by atoms with van der Waals surface area (Å²) >= 11 is 0. The lowest BCUT2D eigenvalue weighted by Crippen LogP contribution is -2.73. The van der Waals surface area contributed by atoms with Crippen molar-refractivity contribution in [3.63, 3.8) is 0 Å². The SMILES string of the molecule is O=C[C@@H](O)[C@@H](O)[C@](O)([C@H](O)CO)[C@H]1O[C@H](CO)[C@@H](O)[C@H](O)[C@H]1O. The first-order valence-corrected chi connectivity index (χ1v) is 6.79. The number of aliphatic hydroxyl groups excluding tert-OH is 8. The van der Waals surface area contributed by atoms with Crippen LogP contribution in [0.25, 0.3) is 0 Å². The lowest BCUT2D eigenvalue weighted by Gasteiger charge is -2.49. The molecule has 0 amide bonds. The van der Waals surface area contributed by atoms with Gasteiger partial charge in [0, 0.05) is 0 Å². The van der Waals surface area contributed by atoms with E-state index in [0.717, 1.165) is 0 Å². The van der Waals surface area contributed by atoms with Crippen LogP contribution in [0.3, 0.4) is 0 Å². The van der Waals surface area contributed by atoms with Gasteiger partial charge in [-0.1, -0.05) is 0 Å². The molecule has 0 aliphatic carbocycles. The predicted molar refractivity (Wildman–Crippen MR) is 69.9 cm³/mol. The standard InChI is InChI=1S/C12H22O11/c13-1-4(16)10(21)12(22,6(17)3-15)11-9(20)8(19)7(18)5(2-14)23-11/h1,4-11,14-22H,2-3H2/t4-,5-,6-,7-,8+,9-,10-,11+,12-/m1/s1. The van der Waals surface area contributed by atoms with Crippen molar-refractivity contribution in [2.75, 3.05) is 13.2 Å². The molecular weight excluding hydrogens is 320 g/mol. The van der Waals surface area contributed by atoms with Gasteiger partial charge in [0.05, 0.1) is 13.2 Å². The van der Waals surface area contributed by atoms with Gasteiger partial charge in [0.2, 0.25) is 0 Å². The van der Waals surface area contributed by atoms with Crippen molar-refractivity contribution in [2.24, 2.45) is 0 Å². The fourth-order valence-electron chi connectivity index (χ4n) is 2.53. The zero-order valence-corrected chi connectivity index (χ0v) is 12.0. The number of ether oxygens (including phenoxy) is 1. The molecule has 1 rings (SSSR count). The first-order chi connectivity index (χ1) is 10.7. The molecule has 0 bridgehead atoms. The Bertz CT molecular complexity index is 391. The van der Waals surface area contributed by atoms with Gasteiger partial charge in [-0.05, 0) is 0 Å². The molecule has 1 fully saturated rings. The van der Waals surface area contributed by atoms with E-state index >= 15 is 0 Å². The maximum absolute atomic E-state index is 10.6. The normalized spacial score (nSPS) is 38.4. The van der Waals surface area contributed by atoms with Crippen molar-refractivity contribution in [3.05, 3.63) is 0 Å². The van der Waals surface area contributed by atoms with Crippen LogP contribution in [-0.4, -0.2) is 120 Å². The number of carbonyl (C=O) groups is 1. The summed E-state index contributed by atoms with van der Waals surface area (Å²) in [7, 11) is 0. The van der Waals surface area contributed by atoms with E-state index in [1.54, 1.807) is 0 Å². The molecular formula is C12H22O11. The van der Waals surface area contributed by atoms with Gasteiger partial charge in [0.1, 0.15) is 54.4 Å². The van der Waals surface area contributed by atoms with Gasteiger partial charge < -0.3 is 55.5 Å². The van der Waals surface area contributed by atoms with E-state index in [4.69, 9.17) is 14.9 Å². The third-order valence-electron chi connectivity index (χ3n) is 3.99. The molecule has 0 radical (unpaired) electrons. The van der Waals surface area contributed by atoms with E-state index in [0.29, 0.717) is 0 Å². The number of rotatable bonds is 7. The first kappa shape index (κ1) is 20.3. The number of aldehydes is 1. The molecule has 0 spiro atoms. The van der Waals surface area contributed by atoms with E-state index in [1.165, 1.54) is 0 Å². The minimum absolute atomic E-state index is 0.163. The van der Waals surface area contributed by atoms with Gasteiger partial charge >= 0.3 is 0 Å². The van der Waals surface area contributed by atoms with Gasteiger partial charge in [0.25, 0.3) is 0 Å². The summed E-state index contributed by atoms with van der Waals surface area (Å²) in [5.41, 5.74) is -3.00. The van der Waals surface area contributed by atoms with E-state index in [-0.39, 0.29) is 6.29 Å². The largest absolute Gasteiger partial charge is 0.394 e. The Hall–Kier alpha value is -0.730. The highest BCUT2D eigenvalue weighted by Gasteiger charge is 2.59. The van der Waals surface area contributed by atoms with E-state index in [1.807, 2.05) is 0 Å². The number of aliphatic hydroxyl groups is 9. The lowest BCUT2D eigenvalue weighted by molar-refractivity contribution is -0.309. The lowest BCUT2D eigenvalue weighted by atomic mass is 9.76. The highest BCUT2D eigenvalue weighted by Crippen LogP contribution is 2.33. The van der Waals surface area contributed by atoms with Crippen molar-refractivity contribution in [1.82, 2.24) is 0 Å². The molecule has 1 aliphatic heterocycles. The highest BCUT2D eigenvalue weighted by molar-refractivity contribution is 5.57. The first-order valence-electron chi connectivity index (χ1n) is 6.79. The summed E-state index contributed by atoms with van der Waals surface area (Å²) in [4.78, 5) is 10.6. The molecule has 23 heavy (non-hydrogen) atoms. The Labute approximate surface area is 130 Å². The van der Waals surface area contributed by atoms with Crippen LogP contribution < -0.4 is 0 Å². The topological polar surface area (TPSA) is 208 Å². The second-order valence-corrected chi connectivity index (χ2v) is 5.41. The van der Waals surface area contributed by atoms with E-state index in [2.05, 4.69) is 0 Å². The Morgan fingerprint density at radius 3 is 2.04 bits per heavy atom. The van der Waals surface area contributed by atoms with Crippen molar-refractivity contribution in [1.29, 1.82) is 0 Å². The summed E-state index contributed by atoms with van der Waals surface area (Å²) in [6.07, 6.45) is -16.3. The van der Waals surface area contributed by atoms with Gasteiger partial charge in [-0.15, -0.1) is 0 Å². The number of carbonyl (C=O) groups excluding carboxylic acids is 1. The third kappa shape index (κ3) is 3.53. The van der Waals surface area contributed by atoms with Crippen LogP contribution in [-0.2, 0) is 9.53 Å². The Balaban J connectivity index is 3.27. The molecule has 136 valence electrons. The highest BCUT2D eigenvalue weighted by atomic mass is 16.6. The van der Waals surface area contributed by atoms with Crippen molar-refractivity contribution in [3.8, 4) is 0 Å². The fraction of sp³-hybridized carbons (Fsp3) is 0.917. The number of hydrogen-bond acceptors (Lipinski definition) is 11. The van der Waals surface area contributed by atoms with Crippen LogP contribution in [0.15, 0.2) is 0 Å². The van der Waals surface area contributed by atoms with Crippen LogP contribution in [0, 0.1) is 0 Å². The summed E-state index contributed by atoms with van der Waals surface area (Å²) in [6, 6.07) is 0. The molecule has 0 aromatic carbocycles. The maximum atomic E-state index is 10.6. The second kappa shape index (κ2) is 7.90. The third-order valence-corrected chi connectivity index (χ3v) is 3.99. The summed E-state index contributed by atoms with van der Waals surface area (Å²) in [5, 5.41) is 87.1. The zero-order chi connectivity index (χ0) is 17.9. The average Bonchev–Trinajstić information content (AvgIpc) is 2.56. The summed E-state index contributed by atoms with van der Waals surface area (Å²) in [6.45, 7) is -2.01. The van der Waals surface area contributed by atoms with Gasteiger partial charge in [-0.3, -0.25) is 0 Å². The minimum atomic E-state index is -3.00.